The minimum absolute atomic E-state index is 0.659. The van der Waals surface area contributed by atoms with E-state index in [9.17, 15) is 19.2 Å². The van der Waals surface area contributed by atoms with Gasteiger partial charge in [0.15, 0.2) is 24.4 Å². The second kappa shape index (κ2) is 10.4. The van der Waals surface area contributed by atoms with Gasteiger partial charge in [-0.2, -0.15) is 0 Å². The molecule has 9 nitrogen and oxygen atoms in total. The maximum Gasteiger partial charge on any atom is 0.339 e. The Hall–Kier alpha value is -2.59. The van der Waals surface area contributed by atoms with Crippen molar-refractivity contribution in [3.8, 4) is 0 Å². The van der Waals surface area contributed by atoms with Gasteiger partial charge in [0.05, 0.1) is 7.11 Å². The number of hydrogen-bond donors (Lipinski definition) is 0. The minimum Gasteiger partial charge on any atom is -0.467 e. The topological polar surface area (TPSA) is 114 Å². The molecule has 0 amide bonds. The Morgan fingerprint density at radius 3 is 1.83 bits per heavy atom. The first kappa shape index (κ1) is 23.7. The fourth-order valence-electron chi connectivity index (χ4n) is 2.93. The van der Waals surface area contributed by atoms with E-state index in [0.29, 0.717) is 0 Å². The molecule has 0 spiro atoms. The average molecular weight is 440 g/mol. The van der Waals surface area contributed by atoms with Crippen molar-refractivity contribution in [3.05, 3.63) is 29.8 Å². The first-order valence-electron chi connectivity index (χ1n) is 9.10. The van der Waals surface area contributed by atoms with Crippen LogP contribution >= 0.6 is 11.8 Å². The standard InChI is InChI=1S/C20H24O9S/c1-10-6-8-14(9-7-10)30-20-18(28-13(4)23)16(27-12(3)22)15(26-11(2)21)17(29-20)19(24)25-5/h6-9,15-18,20H,1-5H3/t15-,16-,17-,18+,20-/m0/s1. The molecule has 5 atom stereocenters. The Kier molecular flexibility index (Phi) is 8.24. The van der Waals surface area contributed by atoms with E-state index in [1.54, 1.807) is 0 Å². The molecular weight excluding hydrogens is 416 g/mol. The van der Waals surface area contributed by atoms with Crippen LogP contribution in [0, 0.1) is 6.92 Å². The third-order valence-electron chi connectivity index (χ3n) is 4.11. The predicted molar refractivity (Wildman–Crippen MR) is 104 cm³/mol. The number of rotatable bonds is 6. The lowest BCUT2D eigenvalue weighted by Gasteiger charge is -2.43. The number of benzene rings is 1. The lowest BCUT2D eigenvalue weighted by Crippen LogP contribution is -2.62. The molecule has 0 unspecified atom stereocenters. The van der Waals surface area contributed by atoms with E-state index >= 15 is 0 Å². The largest absolute Gasteiger partial charge is 0.467 e. The van der Waals surface area contributed by atoms with Crippen molar-refractivity contribution in [1.82, 2.24) is 0 Å². The van der Waals surface area contributed by atoms with E-state index in [2.05, 4.69) is 0 Å². The number of thioether (sulfide) groups is 1. The summed E-state index contributed by atoms with van der Waals surface area (Å²) in [5.41, 5.74) is 0.0949. The summed E-state index contributed by atoms with van der Waals surface area (Å²) < 4.78 is 26.6. The van der Waals surface area contributed by atoms with Crippen molar-refractivity contribution in [2.24, 2.45) is 0 Å². The number of hydrogen-bond acceptors (Lipinski definition) is 10. The number of ether oxygens (including phenoxy) is 5. The molecule has 10 heteroatoms. The van der Waals surface area contributed by atoms with E-state index in [4.69, 9.17) is 23.7 Å². The molecule has 0 bridgehead atoms. The highest BCUT2D eigenvalue weighted by Gasteiger charge is 2.54. The second-order valence-electron chi connectivity index (χ2n) is 6.60. The van der Waals surface area contributed by atoms with E-state index in [-0.39, 0.29) is 0 Å². The summed E-state index contributed by atoms with van der Waals surface area (Å²) in [6.07, 6.45) is -5.19. The number of methoxy groups -OCH3 is 1. The molecule has 0 saturated carbocycles. The maximum atomic E-state index is 12.4. The Morgan fingerprint density at radius 1 is 0.833 bits per heavy atom. The van der Waals surface area contributed by atoms with E-state index in [1.165, 1.54) is 18.7 Å². The summed E-state index contributed by atoms with van der Waals surface area (Å²) in [5, 5.41) is 0. The SMILES string of the molecule is COC(=O)[C@H]1O[C@@H](Sc2ccc(C)cc2)[C@H](OC(C)=O)[C@@H](OC(C)=O)[C@@H]1OC(C)=O. The van der Waals surface area contributed by atoms with Crippen LogP contribution < -0.4 is 0 Å². The van der Waals surface area contributed by atoms with Gasteiger partial charge in [-0.1, -0.05) is 29.5 Å². The van der Waals surface area contributed by atoms with Gasteiger partial charge in [-0.25, -0.2) is 4.79 Å². The van der Waals surface area contributed by atoms with Crippen LogP contribution in [-0.2, 0) is 42.9 Å². The van der Waals surface area contributed by atoms with Crippen molar-refractivity contribution in [3.63, 3.8) is 0 Å². The van der Waals surface area contributed by atoms with Gasteiger partial charge >= 0.3 is 23.9 Å². The monoisotopic (exact) mass is 440 g/mol. The third-order valence-corrected chi connectivity index (χ3v) is 5.26. The molecular formula is C20H24O9S. The molecule has 1 saturated heterocycles. The van der Waals surface area contributed by atoms with Crippen molar-refractivity contribution < 1.29 is 42.9 Å². The molecule has 30 heavy (non-hydrogen) atoms. The second-order valence-corrected chi connectivity index (χ2v) is 7.77. The molecule has 1 aliphatic rings. The molecule has 164 valence electrons. The van der Waals surface area contributed by atoms with Crippen LogP contribution in [0.4, 0.5) is 0 Å². The third kappa shape index (κ3) is 6.20. The van der Waals surface area contributed by atoms with Crippen LogP contribution in [0.15, 0.2) is 29.2 Å². The molecule has 2 rings (SSSR count). The van der Waals surface area contributed by atoms with Crippen LogP contribution in [0.3, 0.4) is 0 Å². The molecule has 0 aromatic heterocycles. The zero-order valence-corrected chi connectivity index (χ0v) is 18.1. The fourth-order valence-corrected chi connectivity index (χ4v) is 4.01. The van der Waals surface area contributed by atoms with Gasteiger partial charge in [0, 0.05) is 25.7 Å². The molecule has 1 aromatic rings. The van der Waals surface area contributed by atoms with E-state index < -0.39 is 53.7 Å². The van der Waals surface area contributed by atoms with E-state index in [0.717, 1.165) is 31.4 Å². The van der Waals surface area contributed by atoms with Crippen LogP contribution in [0.25, 0.3) is 0 Å². The summed E-state index contributed by atoms with van der Waals surface area (Å²) >= 11 is 1.17. The first-order chi connectivity index (χ1) is 14.1. The van der Waals surface area contributed by atoms with Crippen molar-refractivity contribution in [2.45, 2.75) is 62.4 Å². The van der Waals surface area contributed by atoms with Gasteiger partial charge in [0.2, 0.25) is 0 Å². The lowest BCUT2D eigenvalue weighted by molar-refractivity contribution is -0.235. The van der Waals surface area contributed by atoms with Gasteiger partial charge in [0.25, 0.3) is 0 Å². The number of carbonyl (C=O) groups excluding carboxylic acids is 4. The Balaban J connectivity index is 2.47. The van der Waals surface area contributed by atoms with Crippen LogP contribution in [0.5, 0.6) is 0 Å². The predicted octanol–water partition coefficient (Wildman–Crippen LogP) is 1.78. The van der Waals surface area contributed by atoms with Crippen LogP contribution in [0.2, 0.25) is 0 Å². The molecule has 1 fully saturated rings. The molecule has 1 aliphatic heterocycles. The number of aryl methyl sites for hydroxylation is 1. The van der Waals surface area contributed by atoms with Crippen molar-refractivity contribution in [2.75, 3.05) is 7.11 Å². The van der Waals surface area contributed by atoms with Gasteiger partial charge in [0.1, 0.15) is 5.44 Å². The van der Waals surface area contributed by atoms with Crippen molar-refractivity contribution in [1.29, 1.82) is 0 Å². The maximum absolute atomic E-state index is 12.4. The van der Waals surface area contributed by atoms with Gasteiger partial charge in [-0.15, -0.1) is 0 Å². The molecule has 1 aromatic carbocycles. The Morgan fingerprint density at radius 2 is 1.33 bits per heavy atom. The van der Waals surface area contributed by atoms with Gasteiger partial charge in [-0.05, 0) is 19.1 Å². The molecule has 0 radical (unpaired) electrons. The number of carbonyl (C=O) groups is 4. The number of esters is 4. The lowest BCUT2D eigenvalue weighted by atomic mass is 9.99. The van der Waals surface area contributed by atoms with Gasteiger partial charge in [-0.3, -0.25) is 14.4 Å². The van der Waals surface area contributed by atoms with Crippen LogP contribution in [-0.4, -0.2) is 60.8 Å². The van der Waals surface area contributed by atoms with Crippen LogP contribution in [0.1, 0.15) is 26.3 Å². The Labute approximate surface area is 178 Å². The normalized spacial score (nSPS) is 25.7. The smallest absolute Gasteiger partial charge is 0.339 e. The zero-order chi connectivity index (χ0) is 22.4. The highest BCUT2D eigenvalue weighted by Crippen LogP contribution is 2.37. The molecule has 0 N–H and O–H groups in total. The molecule has 1 heterocycles. The van der Waals surface area contributed by atoms with E-state index in [1.807, 2.05) is 31.2 Å². The first-order valence-corrected chi connectivity index (χ1v) is 9.98. The molecule has 0 aliphatic carbocycles. The highest BCUT2D eigenvalue weighted by molar-refractivity contribution is 7.99. The zero-order valence-electron chi connectivity index (χ0n) is 17.3. The quantitative estimate of drug-likeness (QED) is 0.479. The summed E-state index contributed by atoms with van der Waals surface area (Å²) in [4.78, 5) is 48.3. The van der Waals surface area contributed by atoms with Crippen molar-refractivity contribution >= 4 is 35.6 Å². The fraction of sp³-hybridized carbons (Fsp3) is 0.500. The average Bonchev–Trinajstić information content (AvgIpc) is 2.66. The summed E-state index contributed by atoms with van der Waals surface area (Å²) in [5.74, 6) is -2.93. The summed E-state index contributed by atoms with van der Waals surface area (Å²) in [6, 6.07) is 7.44. The van der Waals surface area contributed by atoms with Gasteiger partial charge < -0.3 is 23.7 Å². The minimum atomic E-state index is -1.39. The highest BCUT2D eigenvalue weighted by atomic mass is 32.2. The summed E-state index contributed by atoms with van der Waals surface area (Å²) in [6.45, 7) is 5.40. The summed E-state index contributed by atoms with van der Waals surface area (Å²) in [7, 11) is 1.15. The Bertz CT molecular complexity index is 792.